The summed E-state index contributed by atoms with van der Waals surface area (Å²) in [7, 11) is 1.53. The second-order valence-corrected chi connectivity index (χ2v) is 3.90. The lowest BCUT2D eigenvalue weighted by Crippen LogP contribution is -2.05. The van der Waals surface area contributed by atoms with Crippen LogP contribution in [-0.2, 0) is 4.74 Å². The second kappa shape index (κ2) is 6.83. The van der Waals surface area contributed by atoms with E-state index in [1.165, 1.54) is 14.0 Å². The molecule has 0 amide bonds. The second-order valence-electron chi connectivity index (χ2n) is 3.90. The Hall–Kier alpha value is -1.97. The van der Waals surface area contributed by atoms with Crippen LogP contribution in [0.5, 0.6) is 11.5 Å². The number of carbonyl (C=O) groups is 1. The summed E-state index contributed by atoms with van der Waals surface area (Å²) in [5, 5.41) is 0. The van der Waals surface area contributed by atoms with Gasteiger partial charge in [0.25, 0.3) is 0 Å². The molecule has 0 N–H and O–H groups in total. The van der Waals surface area contributed by atoms with E-state index in [1.807, 2.05) is 13.8 Å². The quantitative estimate of drug-likeness (QED) is 0.560. The molecule has 0 aliphatic carbocycles. The van der Waals surface area contributed by atoms with Gasteiger partial charge in [0.05, 0.1) is 25.9 Å². The van der Waals surface area contributed by atoms with Crippen LogP contribution in [0.15, 0.2) is 18.7 Å². The van der Waals surface area contributed by atoms with Crippen LogP contribution >= 0.6 is 0 Å². The van der Waals surface area contributed by atoms with Crippen molar-refractivity contribution < 1.29 is 19.0 Å². The lowest BCUT2D eigenvalue weighted by atomic mass is 10.0. The molecule has 1 aromatic carbocycles. The van der Waals surface area contributed by atoms with Crippen LogP contribution < -0.4 is 9.47 Å². The van der Waals surface area contributed by atoms with E-state index in [2.05, 4.69) is 6.58 Å². The summed E-state index contributed by atoms with van der Waals surface area (Å²) in [6.45, 7) is 10.1. The van der Waals surface area contributed by atoms with E-state index in [9.17, 15) is 4.79 Å². The third-order valence-corrected chi connectivity index (χ3v) is 2.60. The number of hydrogen-bond donors (Lipinski definition) is 0. The summed E-state index contributed by atoms with van der Waals surface area (Å²) in [4.78, 5) is 11.5. The van der Waals surface area contributed by atoms with E-state index >= 15 is 0 Å². The lowest BCUT2D eigenvalue weighted by molar-refractivity contribution is 0.101. The highest BCUT2D eigenvalue weighted by molar-refractivity contribution is 5.96. The normalized spacial score (nSPS) is 9.89. The largest absolute Gasteiger partial charge is 0.496 e. The van der Waals surface area contributed by atoms with Gasteiger partial charge in [-0.15, -0.1) is 0 Å². The highest BCUT2D eigenvalue weighted by Crippen LogP contribution is 2.36. The third-order valence-electron chi connectivity index (χ3n) is 2.60. The highest BCUT2D eigenvalue weighted by atomic mass is 16.5. The molecule has 0 fully saturated rings. The van der Waals surface area contributed by atoms with Crippen molar-refractivity contribution in [1.29, 1.82) is 0 Å². The molecule has 0 aromatic heterocycles. The Balaban J connectivity index is 3.45. The molecule has 0 atom stereocenters. The monoisotopic (exact) mass is 264 g/mol. The minimum atomic E-state index is -0.0449. The maximum absolute atomic E-state index is 11.5. The maximum Gasteiger partial charge on any atom is 0.160 e. The van der Waals surface area contributed by atoms with Crippen molar-refractivity contribution in [2.45, 2.75) is 20.8 Å². The van der Waals surface area contributed by atoms with E-state index < -0.39 is 0 Å². The number of Topliss-reactive ketones (excluding diaryl/α,β-unsaturated/α-hetero) is 1. The minimum Gasteiger partial charge on any atom is -0.496 e. The average molecular weight is 264 g/mol. The topological polar surface area (TPSA) is 44.8 Å². The van der Waals surface area contributed by atoms with Crippen LogP contribution in [-0.4, -0.2) is 26.1 Å². The molecule has 0 bridgehead atoms. The van der Waals surface area contributed by atoms with Crippen LogP contribution in [0.4, 0.5) is 0 Å². The predicted octanol–water partition coefficient (Wildman–Crippen LogP) is 3.30. The van der Waals surface area contributed by atoms with Crippen molar-refractivity contribution in [2.24, 2.45) is 0 Å². The van der Waals surface area contributed by atoms with Gasteiger partial charge >= 0.3 is 0 Å². The Bertz CT molecular complexity index is 450. The number of carbonyl (C=O) groups excluding carboxylic acids is 1. The Morgan fingerprint density at radius 3 is 1.95 bits per heavy atom. The number of ketones is 1. The first-order chi connectivity index (χ1) is 9.04. The zero-order valence-corrected chi connectivity index (χ0v) is 11.9. The van der Waals surface area contributed by atoms with Crippen LogP contribution in [0, 0.1) is 0 Å². The van der Waals surface area contributed by atoms with Gasteiger partial charge in [-0.2, -0.15) is 0 Å². The van der Waals surface area contributed by atoms with Crippen molar-refractivity contribution in [1.82, 2.24) is 0 Å². The Morgan fingerprint density at radius 1 is 1.16 bits per heavy atom. The molecule has 0 spiro atoms. The van der Waals surface area contributed by atoms with E-state index in [1.54, 1.807) is 12.1 Å². The van der Waals surface area contributed by atoms with Gasteiger partial charge in [-0.1, -0.05) is 6.58 Å². The SMILES string of the molecule is C=C(OC)c1c(OCC)cc(C(C)=O)cc1OCC. The highest BCUT2D eigenvalue weighted by Gasteiger charge is 2.18. The third kappa shape index (κ3) is 3.50. The molecule has 0 unspecified atom stereocenters. The first-order valence-electron chi connectivity index (χ1n) is 6.22. The molecule has 0 saturated carbocycles. The fourth-order valence-corrected chi connectivity index (χ4v) is 1.71. The number of rotatable bonds is 7. The van der Waals surface area contributed by atoms with E-state index in [4.69, 9.17) is 14.2 Å². The molecule has 0 aliphatic heterocycles. The van der Waals surface area contributed by atoms with Gasteiger partial charge in [0, 0.05) is 5.56 Å². The molecule has 4 nitrogen and oxygen atoms in total. The minimum absolute atomic E-state index is 0.0449. The maximum atomic E-state index is 11.5. The summed E-state index contributed by atoms with van der Waals surface area (Å²) in [5.41, 5.74) is 1.19. The van der Waals surface area contributed by atoms with Crippen molar-refractivity contribution in [3.63, 3.8) is 0 Å². The molecule has 1 aromatic rings. The lowest BCUT2D eigenvalue weighted by Gasteiger charge is -2.17. The van der Waals surface area contributed by atoms with Crippen LogP contribution in [0.1, 0.15) is 36.7 Å². The fourth-order valence-electron chi connectivity index (χ4n) is 1.71. The number of benzene rings is 1. The fraction of sp³-hybridized carbons (Fsp3) is 0.400. The molecule has 0 radical (unpaired) electrons. The molecule has 0 heterocycles. The van der Waals surface area contributed by atoms with Gasteiger partial charge in [-0.05, 0) is 32.9 Å². The molecule has 19 heavy (non-hydrogen) atoms. The molecule has 104 valence electrons. The number of methoxy groups -OCH3 is 1. The van der Waals surface area contributed by atoms with Crippen LogP contribution in [0.2, 0.25) is 0 Å². The van der Waals surface area contributed by atoms with Crippen molar-refractivity contribution in [3.05, 3.63) is 29.8 Å². The number of hydrogen-bond acceptors (Lipinski definition) is 4. The van der Waals surface area contributed by atoms with E-state index in [-0.39, 0.29) is 5.78 Å². The molecule has 4 heteroatoms. The molecule has 1 rings (SSSR count). The first kappa shape index (κ1) is 15.1. The number of ether oxygens (including phenoxy) is 3. The van der Waals surface area contributed by atoms with Gasteiger partial charge in [-0.25, -0.2) is 0 Å². The zero-order chi connectivity index (χ0) is 14.4. The van der Waals surface area contributed by atoms with Crippen molar-refractivity contribution in [3.8, 4) is 11.5 Å². The summed E-state index contributed by atoms with van der Waals surface area (Å²) >= 11 is 0. The first-order valence-corrected chi connectivity index (χ1v) is 6.22. The Morgan fingerprint density at radius 2 is 1.63 bits per heavy atom. The van der Waals surface area contributed by atoms with Gasteiger partial charge in [0.2, 0.25) is 0 Å². The van der Waals surface area contributed by atoms with Crippen molar-refractivity contribution in [2.75, 3.05) is 20.3 Å². The summed E-state index contributed by atoms with van der Waals surface area (Å²) < 4.78 is 16.3. The van der Waals surface area contributed by atoms with Gasteiger partial charge in [0.1, 0.15) is 17.3 Å². The zero-order valence-electron chi connectivity index (χ0n) is 11.9. The van der Waals surface area contributed by atoms with Gasteiger partial charge in [-0.3, -0.25) is 4.79 Å². The van der Waals surface area contributed by atoms with Gasteiger partial charge < -0.3 is 14.2 Å². The Kier molecular flexibility index (Phi) is 5.42. The molecule has 0 saturated heterocycles. The Labute approximate surface area is 114 Å². The predicted molar refractivity (Wildman–Crippen MR) is 74.8 cm³/mol. The summed E-state index contributed by atoms with van der Waals surface area (Å²) in [6, 6.07) is 3.38. The summed E-state index contributed by atoms with van der Waals surface area (Å²) in [5.74, 6) is 1.49. The van der Waals surface area contributed by atoms with E-state index in [0.29, 0.717) is 41.6 Å². The van der Waals surface area contributed by atoms with Crippen LogP contribution in [0.3, 0.4) is 0 Å². The average Bonchev–Trinajstić information content (AvgIpc) is 2.38. The van der Waals surface area contributed by atoms with Crippen LogP contribution in [0.25, 0.3) is 5.76 Å². The smallest absolute Gasteiger partial charge is 0.160 e. The standard InChI is InChI=1S/C15H20O4/c1-6-18-13-8-12(10(3)16)9-14(19-7-2)15(13)11(4)17-5/h8-9H,4,6-7H2,1-3,5H3. The van der Waals surface area contributed by atoms with E-state index in [0.717, 1.165) is 0 Å². The molecular formula is C15H20O4. The van der Waals surface area contributed by atoms with Crippen molar-refractivity contribution >= 4 is 11.5 Å². The molecule has 0 aliphatic rings. The summed E-state index contributed by atoms with van der Waals surface area (Å²) in [6.07, 6.45) is 0. The van der Waals surface area contributed by atoms with Gasteiger partial charge in [0.15, 0.2) is 5.78 Å². The molecular weight excluding hydrogens is 244 g/mol.